The van der Waals surface area contributed by atoms with E-state index >= 15 is 0 Å². The molecule has 3 aliphatic heterocycles. The highest BCUT2D eigenvalue weighted by Crippen LogP contribution is 2.36. The topological polar surface area (TPSA) is 116 Å². The van der Waals surface area contributed by atoms with Gasteiger partial charge in [-0.25, -0.2) is 22.7 Å². The van der Waals surface area contributed by atoms with Crippen LogP contribution in [0.3, 0.4) is 0 Å². The highest BCUT2D eigenvalue weighted by atomic mass is 32.2. The lowest BCUT2D eigenvalue weighted by Gasteiger charge is -2.33. The molecule has 3 saturated heterocycles. The molecule has 0 radical (unpaired) electrons. The van der Waals surface area contributed by atoms with E-state index in [2.05, 4.69) is 37.7 Å². The number of aromatic nitrogens is 3. The number of nitrogens with zero attached hydrogens (tertiary/aromatic N) is 6. The monoisotopic (exact) mass is 732 g/mol. The molecule has 11 nitrogen and oxygen atoms in total. The third-order valence-corrected chi connectivity index (χ3v) is 12.1. The standard InChI is InChI=1S/C33H36F4N8O3S2/c1-42-27-17-21(2-4-25(27)30(41-42)45-15-10-29(46)40-32(45)47)20-6-11-43(12-7-20)19-22-16-24(3-5-26(22)34)50(48)44-13-8-23(9-14-44)39-31-38-18-28(49-31)33(35,36)37/h2-5,16-18,20,23H,6-15,19H2,1H3,(H,38,39)(H,40,46,47). The summed E-state index contributed by atoms with van der Waals surface area (Å²) in [6.07, 6.45) is -0.449. The van der Waals surface area contributed by atoms with Crippen LogP contribution in [0.2, 0.25) is 0 Å². The lowest BCUT2D eigenvalue weighted by atomic mass is 9.89. The van der Waals surface area contributed by atoms with E-state index in [4.69, 9.17) is 0 Å². The normalized spacial score (nSPS) is 19.7. The van der Waals surface area contributed by atoms with Gasteiger partial charge in [0.05, 0.1) is 16.6 Å². The zero-order valence-electron chi connectivity index (χ0n) is 27.2. The number of piperidine rings is 2. The third-order valence-electron chi connectivity index (χ3n) is 9.64. The van der Waals surface area contributed by atoms with Crippen LogP contribution in [0, 0.1) is 5.82 Å². The number of urea groups is 1. The molecule has 4 aromatic rings. The van der Waals surface area contributed by atoms with Crippen molar-refractivity contribution in [1.82, 2.24) is 29.3 Å². The van der Waals surface area contributed by atoms with Gasteiger partial charge in [0, 0.05) is 56.6 Å². The van der Waals surface area contributed by atoms with Crippen LogP contribution in [0.4, 0.5) is 33.3 Å². The zero-order chi connectivity index (χ0) is 35.2. The Morgan fingerprint density at radius 1 is 1.02 bits per heavy atom. The second kappa shape index (κ2) is 14.0. The van der Waals surface area contributed by atoms with Crippen LogP contribution in [0.25, 0.3) is 10.9 Å². The highest BCUT2D eigenvalue weighted by molar-refractivity contribution is 7.82. The van der Waals surface area contributed by atoms with Crippen molar-refractivity contribution in [3.63, 3.8) is 0 Å². The Kier molecular flexibility index (Phi) is 9.66. The first kappa shape index (κ1) is 34.5. The molecule has 2 N–H and O–H groups in total. The maximum absolute atomic E-state index is 15.0. The molecule has 266 valence electrons. The molecule has 2 aromatic heterocycles. The number of hydrogen-bond acceptors (Lipinski definition) is 8. The number of amides is 3. The first-order valence-corrected chi connectivity index (χ1v) is 18.4. The number of imide groups is 1. The fourth-order valence-corrected chi connectivity index (χ4v) is 8.91. The van der Waals surface area contributed by atoms with E-state index in [-0.39, 0.29) is 35.9 Å². The van der Waals surface area contributed by atoms with Gasteiger partial charge >= 0.3 is 12.2 Å². The average molecular weight is 733 g/mol. The molecule has 50 heavy (non-hydrogen) atoms. The van der Waals surface area contributed by atoms with Gasteiger partial charge in [-0.2, -0.15) is 18.3 Å². The van der Waals surface area contributed by atoms with Gasteiger partial charge in [-0.15, -0.1) is 0 Å². The fourth-order valence-electron chi connectivity index (χ4n) is 6.88. The van der Waals surface area contributed by atoms with Gasteiger partial charge in [-0.3, -0.25) is 24.6 Å². The van der Waals surface area contributed by atoms with Gasteiger partial charge in [0.1, 0.15) is 21.7 Å². The van der Waals surface area contributed by atoms with E-state index in [1.54, 1.807) is 16.8 Å². The van der Waals surface area contributed by atoms with Crippen LogP contribution in [0.1, 0.15) is 54.0 Å². The van der Waals surface area contributed by atoms with E-state index in [1.165, 1.54) is 16.5 Å². The second-order valence-electron chi connectivity index (χ2n) is 12.9. The SMILES string of the molecule is Cn1nc(N2CCC(=O)NC2=O)c2ccc(C3CCN(Cc4cc(S(=O)N5CCC(Nc6ncc(C(F)(F)F)s6)CC5)ccc4F)CC3)cc21. The first-order valence-electron chi connectivity index (χ1n) is 16.5. The number of carbonyl (C=O) groups excluding carboxylic acids is 2. The Balaban J connectivity index is 0.934. The van der Waals surface area contributed by atoms with Crippen molar-refractivity contribution in [2.24, 2.45) is 7.05 Å². The maximum Gasteiger partial charge on any atom is 0.427 e. The van der Waals surface area contributed by atoms with Crippen molar-refractivity contribution in [2.75, 3.05) is 42.9 Å². The molecular weight excluding hydrogens is 697 g/mol. The van der Waals surface area contributed by atoms with Crippen LogP contribution >= 0.6 is 11.3 Å². The molecule has 3 amide bonds. The Labute approximate surface area is 292 Å². The summed E-state index contributed by atoms with van der Waals surface area (Å²) in [4.78, 5) is 31.4. The molecule has 3 fully saturated rings. The summed E-state index contributed by atoms with van der Waals surface area (Å²) in [5, 5.41) is 11.1. The van der Waals surface area contributed by atoms with Gasteiger partial charge in [0.15, 0.2) is 10.9 Å². The number of benzene rings is 2. The minimum absolute atomic E-state index is 0.0819. The van der Waals surface area contributed by atoms with Crippen LogP contribution < -0.4 is 15.5 Å². The number of fused-ring (bicyclic) bond motifs is 1. The lowest BCUT2D eigenvalue weighted by molar-refractivity contribution is -0.134. The second-order valence-corrected chi connectivity index (χ2v) is 15.4. The third kappa shape index (κ3) is 7.27. The molecular formula is C33H36F4N8O3S2. The molecule has 0 spiro atoms. The van der Waals surface area contributed by atoms with Crippen LogP contribution in [0.5, 0.6) is 0 Å². The van der Waals surface area contributed by atoms with Crippen molar-refractivity contribution < 1.29 is 31.4 Å². The van der Waals surface area contributed by atoms with Crippen molar-refractivity contribution in [3.8, 4) is 0 Å². The summed E-state index contributed by atoms with van der Waals surface area (Å²) in [7, 11) is 0.335. The molecule has 0 aliphatic carbocycles. The predicted octanol–water partition coefficient (Wildman–Crippen LogP) is 5.61. The van der Waals surface area contributed by atoms with E-state index in [1.807, 2.05) is 17.4 Å². The Morgan fingerprint density at radius 2 is 1.78 bits per heavy atom. The number of alkyl halides is 3. The minimum atomic E-state index is -4.42. The van der Waals surface area contributed by atoms with Crippen LogP contribution in [-0.2, 0) is 35.5 Å². The smallest absolute Gasteiger partial charge is 0.359 e. The van der Waals surface area contributed by atoms with Crippen LogP contribution in [-0.4, -0.2) is 78.9 Å². The molecule has 0 bridgehead atoms. The van der Waals surface area contributed by atoms with Crippen molar-refractivity contribution >= 4 is 56.1 Å². The molecule has 3 aliphatic rings. The number of carbonyl (C=O) groups is 2. The Hall–Kier alpha value is -3.93. The Bertz CT molecular complexity index is 1930. The number of rotatable bonds is 8. The summed E-state index contributed by atoms with van der Waals surface area (Å²) in [6.45, 7) is 3.15. The summed E-state index contributed by atoms with van der Waals surface area (Å²) in [5.74, 6) is 0.186. The number of hydrogen-bond donors (Lipinski definition) is 2. The Morgan fingerprint density at radius 3 is 2.48 bits per heavy atom. The van der Waals surface area contributed by atoms with Gasteiger partial charge in [0.25, 0.3) is 0 Å². The number of likely N-dealkylation sites (tertiary alicyclic amines) is 1. The molecule has 1 unspecified atom stereocenters. The van der Waals surface area contributed by atoms with Gasteiger partial charge in [-0.05, 0) is 80.6 Å². The number of aryl methyl sites for hydroxylation is 1. The maximum atomic E-state index is 15.0. The molecule has 17 heteroatoms. The van der Waals surface area contributed by atoms with Crippen molar-refractivity contribution in [3.05, 3.63) is 64.4 Å². The quantitative estimate of drug-likeness (QED) is 0.226. The number of thiazole rings is 1. The summed E-state index contributed by atoms with van der Waals surface area (Å²) >= 11 is 0.575. The van der Waals surface area contributed by atoms with Gasteiger partial charge in [0.2, 0.25) is 5.91 Å². The molecule has 0 saturated carbocycles. The number of halogens is 4. The number of anilines is 2. The molecule has 2 aromatic carbocycles. The van der Waals surface area contributed by atoms with E-state index in [0.29, 0.717) is 66.0 Å². The first-order chi connectivity index (χ1) is 23.9. The summed E-state index contributed by atoms with van der Waals surface area (Å²) in [6, 6.07) is 10.2. The molecule has 5 heterocycles. The van der Waals surface area contributed by atoms with Crippen molar-refractivity contribution in [1.29, 1.82) is 0 Å². The van der Waals surface area contributed by atoms with Gasteiger partial charge < -0.3 is 5.32 Å². The van der Waals surface area contributed by atoms with E-state index in [0.717, 1.165) is 43.0 Å². The van der Waals surface area contributed by atoms with Crippen LogP contribution in [0.15, 0.2) is 47.5 Å². The summed E-state index contributed by atoms with van der Waals surface area (Å²) < 4.78 is 70.8. The lowest BCUT2D eigenvalue weighted by Crippen LogP contribution is -2.49. The number of nitrogens with one attached hydrogen (secondary N) is 2. The predicted molar refractivity (Wildman–Crippen MR) is 182 cm³/mol. The highest BCUT2D eigenvalue weighted by Gasteiger charge is 2.34. The molecule has 7 rings (SSSR count). The summed E-state index contributed by atoms with van der Waals surface area (Å²) in [5.41, 5.74) is 2.56. The average Bonchev–Trinajstić information content (AvgIpc) is 3.70. The van der Waals surface area contributed by atoms with Crippen molar-refractivity contribution in [2.45, 2.75) is 61.7 Å². The largest absolute Gasteiger partial charge is 0.427 e. The fraction of sp³-hybridized carbons (Fsp3) is 0.455. The molecule has 1 atom stereocenters. The minimum Gasteiger partial charge on any atom is -0.359 e. The van der Waals surface area contributed by atoms with E-state index in [9.17, 15) is 31.4 Å². The van der Waals surface area contributed by atoms with Gasteiger partial charge in [-0.1, -0.05) is 17.4 Å². The van der Waals surface area contributed by atoms with E-state index < -0.39 is 28.1 Å². The zero-order valence-corrected chi connectivity index (χ0v) is 28.8.